The van der Waals surface area contributed by atoms with Gasteiger partial charge in [0.25, 0.3) is 0 Å². The number of hydrogen-bond acceptors (Lipinski definition) is 5. The van der Waals surface area contributed by atoms with Crippen LogP contribution in [0.3, 0.4) is 0 Å². The molecule has 1 fully saturated rings. The van der Waals surface area contributed by atoms with Crippen LogP contribution in [0.15, 0.2) is 23.1 Å². The number of aliphatic hydroxyl groups is 1. The molecule has 0 spiro atoms. The molecule has 18 heavy (non-hydrogen) atoms. The molecule has 1 saturated carbocycles. The van der Waals surface area contributed by atoms with E-state index in [1.165, 1.54) is 25.3 Å². The normalized spacial score (nSPS) is 23.4. The lowest BCUT2D eigenvalue weighted by molar-refractivity contribution is 0.0712. The summed E-state index contributed by atoms with van der Waals surface area (Å²) in [4.78, 5) is 0.0992. The van der Waals surface area contributed by atoms with Crippen molar-refractivity contribution < 1.29 is 18.3 Å². The van der Waals surface area contributed by atoms with E-state index in [0.29, 0.717) is 18.6 Å². The third-order valence-electron chi connectivity index (χ3n) is 2.95. The molecule has 0 amide bonds. The Labute approximate surface area is 106 Å². The van der Waals surface area contributed by atoms with E-state index in [2.05, 4.69) is 4.72 Å². The number of anilines is 1. The van der Waals surface area contributed by atoms with Gasteiger partial charge in [-0.05, 0) is 31.0 Å². The Morgan fingerprint density at radius 2 is 2.11 bits per heavy atom. The largest absolute Gasteiger partial charge is 0.495 e. The average Bonchev–Trinajstić information content (AvgIpc) is 2.26. The first-order valence-electron chi connectivity index (χ1n) is 5.56. The van der Waals surface area contributed by atoms with Crippen LogP contribution in [0.1, 0.15) is 12.8 Å². The molecule has 4 N–H and O–H groups in total. The van der Waals surface area contributed by atoms with Gasteiger partial charge in [-0.15, -0.1) is 0 Å². The second-order valence-electron chi connectivity index (χ2n) is 4.35. The summed E-state index contributed by atoms with van der Waals surface area (Å²) < 4.78 is 31.5. The Balaban J connectivity index is 2.16. The van der Waals surface area contributed by atoms with E-state index >= 15 is 0 Å². The van der Waals surface area contributed by atoms with Crippen LogP contribution >= 0.6 is 0 Å². The van der Waals surface area contributed by atoms with Gasteiger partial charge in [0.05, 0.1) is 23.8 Å². The smallest absolute Gasteiger partial charge is 0.240 e. The van der Waals surface area contributed by atoms with Crippen molar-refractivity contribution in [1.29, 1.82) is 0 Å². The molecule has 7 heteroatoms. The molecule has 1 aliphatic rings. The van der Waals surface area contributed by atoms with Crippen molar-refractivity contribution in [2.24, 2.45) is 0 Å². The Morgan fingerprint density at radius 1 is 1.44 bits per heavy atom. The molecule has 0 radical (unpaired) electrons. The summed E-state index contributed by atoms with van der Waals surface area (Å²) >= 11 is 0. The van der Waals surface area contributed by atoms with Crippen LogP contribution in [-0.2, 0) is 10.0 Å². The minimum atomic E-state index is -3.59. The molecule has 0 bridgehead atoms. The summed E-state index contributed by atoms with van der Waals surface area (Å²) in [5.41, 5.74) is 5.94. The molecule has 1 aliphatic carbocycles. The van der Waals surface area contributed by atoms with E-state index in [-0.39, 0.29) is 16.6 Å². The van der Waals surface area contributed by atoms with E-state index in [0.717, 1.165) is 0 Å². The summed E-state index contributed by atoms with van der Waals surface area (Å²) in [6.45, 7) is 0. The quantitative estimate of drug-likeness (QED) is 0.674. The van der Waals surface area contributed by atoms with Gasteiger partial charge >= 0.3 is 0 Å². The lowest BCUT2D eigenvalue weighted by Gasteiger charge is -2.31. The van der Waals surface area contributed by atoms with Crippen LogP contribution in [0.2, 0.25) is 0 Å². The zero-order valence-electron chi connectivity index (χ0n) is 9.96. The molecule has 0 unspecified atom stereocenters. The van der Waals surface area contributed by atoms with Crippen LogP contribution in [0.5, 0.6) is 5.75 Å². The van der Waals surface area contributed by atoms with Crippen molar-refractivity contribution >= 4 is 15.7 Å². The number of ether oxygens (including phenoxy) is 1. The Hall–Kier alpha value is -1.31. The number of rotatable bonds is 4. The molecular weight excluding hydrogens is 256 g/mol. The van der Waals surface area contributed by atoms with Crippen molar-refractivity contribution in [3.8, 4) is 5.75 Å². The van der Waals surface area contributed by atoms with Gasteiger partial charge in [0, 0.05) is 6.04 Å². The van der Waals surface area contributed by atoms with Crippen LogP contribution in [0, 0.1) is 0 Å². The number of nitrogens with one attached hydrogen (secondary N) is 1. The molecule has 2 rings (SSSR count). The zero-order chi connectivity index (χ0) is 13.3. The van der Waals surface area contributed by atoms with Gasteiger partial charge in [-0.2, -0.15) is 0 Å². The fraction of sp³-hybridized carbons (Fsp3) is 0.455. The van der Waals surface area contributed by atoms with E-state index in [4.69, 9.17) is 15.6 Å². The number of nitrogen functional groups attached to an aromatic ring is 1. The highest BCUT2D eigenvalue weighted by atomic mass is 32.2. The Kier molecular flexibility index (Phi) is 3.47. The van der Waals surface area contributed by atoms with Crippen molar-refractivity contribution in [3.05, 3.63) is 18.2 Å². The minimum Gasteiger partial charge on any atom is -0.495 e. The van der Waals surface area contributed by atoms with Crippen LogP contribution in [-0.4, -0.2) is 32.8 Å². The SMILES string of the molecule is COc1ccc(S(=O)(=O)NC2CC(O)C2)cc1N. The molecular formula is C11H16N2O4S. The second-order valence-corrected chi connectivity index (χ2v) is 6.06. The number of benzene rings is 1. The van der Waals surface area contributed by atoms with Gasteiger partial charge in [0.1, 0.15) is 5.75 Å². The molecule has 0 aromatic heterocycles. The molecule has 0 saturated heterocycles. The summed E-state index contributed by atoms with van der Waals surface area (Å²) in [6.07, 6.45) is 0.495. The third-order valence-corrected chi connectivity index (χ3v) is 4.46. The first-order valence-corrected chi connectivity index (χ1v) is 7.04. The van der Waals surface area contributed by atoms with Crippen LogP contribution < -0.4 is 15.2 Å². The lowest BCUT2D eigenvalue weighted by Crippen LogP contribution is -2.46. The standard InChI is InChI=1S/C11H16N2O4S/c1-17-11-3-2-9(6-10(11)12)18(15,16)13-7-4-8(14)5-7/h2-3,6-8,13-14H,4-5,12H2,1H3. The fourth-order valence-corrected chi connectivity index (χ4v) is 3.15. The van der Waals surface area contributed by atoms with Gasteiger partial charge in [0.2, 0.25) is 10.0 Å². The third kappa shape index (κ3) is 2.58. The summed E-state index contributed by atoms with van der Waals surface area (Å²) in [5, 5.41) is 9.13. The van der Waals surface area contributed by atoms with Crippen LogP contribution in [0.25, 0.3) is 0 Å². The first-order chi connectivity index (χ1) is 8.42. The Morgan fingerprint density at radius 3 is 2.61 bits per heavy atom. The predicted octanol–water partition coefficient (Wildman–Crippen LogP) is 0.0790. The molecule has 0 atom stereocenters. The van der Waals surface area contributed by atoms with E-state index in [9.17, 15) is 8.42 Å². The van der Waals surface area contributed by atoms with Gasteiger partial charge in [-0.1, -0.05) is 0 Å². The lowest BCUT2D eigenvalue weighted by atomic mass is 9.91. The molecule has 0 heterocycles. The predicted molar refractivity (Wildman–Crippen MR) is 66.8 cm³/mol. The van der Waals surface area contributed by atoms with E-state index < -0.39 is 16.1 Å². The molecule has 0 aliphatic heterocycles. The molecule has 1 aromatic carbocycles. The van der Waals surface area contributed by atoms with Gasteiger partial charge in [-0.25, -0.2) is 13.1 Å². The summed E-state index contributed by atoms with van der Waals surface area (Å²) in [7, 11) is -2.12. The molecule has 100 valence electrons. The fourth-order valence-electron chi connectivity index (χ4n) is 1.85. The van der Waals surface area contributed by atoms with E-state index in [1.54, 1.807) is 0 Å². The number of hydrogen-bond donors (Lipinski definition) is 3. The minimum absolute atomic E-state index is 0.0992. The van der Waals surface area contributed by atoms with Crippen molar-refractivity contribution in [2.75, 3.05) is 12.8 Å². The van der Waals surface area contributed by atoms with Gasteiger partial charge < -0.3 is 15.6 Å². The summed E-state index contributed by atoms with van der Waals surface area (Å²) in [6, 6.07) is 4.11. The average molecular weight is 272 g/mol. The summed E-state index contributed by atoms with van der Waals surface area (Å²) in [5.74, 6) is 0.438. The highest BCUT2D eigenvalue weighted by Gasteiger charge is 2.31. The highest BCUT2D eigenvalue weighted by molar-refractivity contribution is 7.89. The van der Waals surface area contributed by atoms with Crippen LogP contribution in [0.4, 0.5) is 5.69 Å². The first kappa shape index (κ1) is 13.1. The van der Waals surface area contributed by atoms with Crippen molar-refractivity contribution in [1.82, 2.24) is 4.72 Å². The Bertz CT molecular complexity index is 538. The molecule has 6 nitrogen and oxygen atoms in total. The van der Waals surface area contributed by atoms with Gasteiger partial charge in [-0.3, -0.25) is 0 Å². The second kappa shape index (κ2) is 4.75. The number of nitrogens with two attached hydrogens (primary N) is 1. The highest BCUT2D eigenvalue weighted by Crippen LogP contribution is 2.26. The number of aliphatic hydroxyl groups excluding tert-OH is 1. The maximum atomic E-state index is 12.0. The maximum Gasteiger partial charge on any atom is 0.240 e. The number of sulfonamides is 1. The topological polar surface area (TPSA) is 102 Å². The van der Waals surface area contributed by atoms with E-state index in [1.807, 2.05) is 0 Å². The monoisotopic (exact) mass is 272 g/mol. The van der Waals surface area contributed by atoms with Crippen molar-refractivity contribution in [3.63, 3.8) is 0 Å². The zero-order valence-corrected chi connectivity index (χ0v) is 10.8. The van der Waals surface area contributed by atoms with Crippen molar-refractivity contribution in [2.45, 2.75) is 29.9 Å². The van der Waals surface area contributed by atoms with Gasteiger partial charge in [0.15, 0.2) is 0 Å². The number of methoxy groups -OCH3 is 1. The maximum absolute atomic E-state index is 12.0. The molecule has 1 aromatic rings.